The Balaban J connectivity index is 2.06. The summed E-state index contributed by atoms with van der Waals surface area (Å²) < 4.78 is 1.47. The number of aromatic amines is 1. The molecule has 0 aliphatic heterocycles. The number of halogens is 1. The molecule has 4 rings (SSSR count). The van der Waals surface area contributed by atoms with E-state index in [9.17, 15) is 10.1 Å². The first-order valence-corrected chi connectivity index (χ1v) is 9.58. The van der Waals surface area contributed by atoms with E-state index in [0.29, 0.717) is 21.9 Å². The lowest BCUT2D eigenvalue weighted by Crippen LogP contribution is -2.17. The van der Waals surface area contributed by atoms with Gasteiger partial charge in [-0.25, -0.2) is 9.50 Å². The Morgan fingerprint density at radius 3 is 2.45 bits per heavy atom. The lowest BCUT2D eigenvalue weighted by atomic mass is 9.87. The molecule has 2 heterocycles. The minimum Gasteiger partial charge on any atom is -0.292 e. The predicted octanol–water partition coefficient (Wildman–Crippen LogP) is 5.18. The number of rotatable bonds is 2. The molecule has 0 saturated heterocycles. The Labute approximate surface area is 173 Å². The second kappa shape index (κ2) is 6.91. The summed E-state index contributed by atoms with van der Waals surface area (Å²) in [5.74, 6) is 0. The van der Waals surface area contributed by atoms with Crippen molar-refractivity contribution in [2.24, 2.45) is 0 Å². The first-order valence-electron chi connectivity index (χ1n) is 9.20. The number of hydrogen-bond donors (Lipinski definition) is 1. The van der Waals surface area contributed by atoms with E-state index >= 15 is 0 Å². The molecule has 4 aromatic rings. The highest BCUT2D eigenvalue weighted by Gasteiger charge is 2.25. The predicted molar refractivity (Wildman–Crippen MR) is 115 cm³/mol. The summed E-state index contributed by atoms with van der Waals surface area (Å²) in [5, 5.41) is 13.1. The topological polar surface area (TPSA) is 73.9 Å². The normalized spacial score (nSPS) is 11.6. The van der Waals surface area contributed by atoms with Gasteiger partial charge in [0.05, 0.1) is 17.3 Å². The van der Waals surface area contributed by atoms with Crippen molar-refractivity contribution in [3.05, 3.63) is 81.2 Å². The number of benzene rings is 2. The summed E-state index contributed by atoms with van der Waals surface area (Å²) in [6.45, 7) is 6.25. The van der Waals surface area contributed by atoms with Crippen LogP contribution in [0.3, 0.4) is 0 Å². The molecule has 0 bridgehead atoms. The molecule has 0 fully saturated rings. The minimum atomic E-state index is -0.240. The highest BCUT2D eigenvalue weighted by Crippen LogP contribution is 2.35. The maximum Gasteiger partial charge on any atom is 0.273 e. The first kappa shape index (κ1) is 19.0. The van der Waals surface area contributed by atoms with Crippen LogP contribution in [-0.4, -0.2) is 14.6 Å². The quantitative estimate of drug-likeness (QED) is 0.502. The zero-order valence-corrected chi connectivity index (χ0v) is 17.1. The number of nitriles is 1. The summed E-state index contributed by atoms with van der Waals surface area (Å²) >= 11 is 6.08. The third-order valence-electron chi connectivity index (χ3n) is 4.79. The van der Waals surface area contributed by atoms with E-state index in [4.69, 9.17) is 16.6 Å². The molecule has 0 aliphatic carbocycles. The van der Waals surface area contributed by atoms with Gasteiger partial charge in [-0.1, -0.05) is 56.6 Å². The lowest BCUT2D eigenvalue weighted by molar-refractivity contribution is 0.563. The van der Waals surface area contributed by atoms with Crippen molar-refractivity contribution in [1.82, 2.24) is 14.6 Å². The van der Waals surface area contributed by atoms with Crippen LogP contribution in [0.5, 0.6) is 0 Å². The molecule has 5 nitrogen and oxygen atoms in total. The molecule has 6 heteroatoms. The fraction of sp³-hybridized carbons (Fsp3) is 0.174. The average Bonchev–Trinajstić information content (AvgIpc) is 3.09. The minimum absolute atomic E-state index is 0.210. The smallest absolute Gasteiger partial charge is 0.273 e. The van der Waals surface area contributed by atoms with Crippen molar-refractivity contribution >= 4 is 17.2 Å². The van der Waals surface area contributed by atoms with Crippen LogP contribution in [0.1, 0.15) is 32.0 Å². The van der Waals surface area contributed by atoms with E-state index in [1.807, 2.05) is 30.3 Å². The largest absolute Gasteiger partial charge is 0.292 e. The van der Waals surface area contributed by atoms with Crippen LogP contribution in [-0.2, 0) is 5.41 Å². The number of hydrogen-bond acceptors (Lipinski definition) is 3. The van der Waals surface area contributed by atoms with Crippen molar-refractivity contribution in [2.75, 3.05) is 0 Å². The van der Waals surface area contributed by atoms with Crippen LogP contribution in [0.2, 0.25) is 5.02 Å². The van der Waals surface area contributed by atoms with Gasteiger partial charge in [-0.05, 0) is 29.8 Å². The molecular weight excluding hydrogens is 384 g/mol. The van der Waals surface area contributed by atoms with Crippen LogP contribution in [0.25, 0.3) is 28.0 Å². The van der Waals surface area contributed by atoms with Gasteiger partial charge in [-0.3, -0.25) is 9.89 Å². The van der Waals surface area contributed by atoms with Gasteiger partial charge in [-0.15, -0.1) is 0 Å². The van der Waals surface area contributed by atoms with Crippen LogP contribution in [0.4, 0.5) is 0 Å². The fourth-order valence-electron chi connectivity index (χ4n) is 3.37. The van der Waals surface area contributed by atoms with Crippen LogP contribution >= 0.6 is 11.6 Å². The number of nitrogens with zero attached hydrogens (tertiary/aromatic N) is 3. The molecular formula is C23H19ClN4O. The number of aromatic nitrogens is 3. The van der Waals surface area contributed by atoms with Gasteiger partial charge in [-0.2, -0.15) is 5.26 Å². The van der Waals surface area contributed by atoms with E-state index in [-0.39, 0.29) is 11.0 Å². The molecule has 0 aliphatic rings. The van der Waals surface area contributed by atoms with Crippen LogP contribution < -0.4 is 5.56 Å². The van der Waals surface area contributed by atoms with Gasteiger partial charge in [0.1, 0.15) is 0 Å². The summed E-state index contributed by atoms with van der Waals surface area (Å²) in [7, 11) is 0. The first-order chi connectivity index (χ1) is 13.8. The van der Waals surface area contributed by atoms with E-state index in [1.165, 1.54) is 10.6 Å². The molecule has 2 aromatic carbocycles. The van der Waals surface area contributed by atoms with Crippen molar-refractivity contribution in [3.8, 4) is 28.5 Å². The molecule has 2 aromatic heterocycles. The summed E-state index contributed by atoms with van der Waals surface area (Å²) in [6, 6.07) is 18.2. The van der Waals surface area contributed by atoms with E-state index in [2.05, 4.69) is 31.9 Å². The standard InChI is InChI=1S/C23H19ClN4O/c1-23(2,3)21-20(15-7-9-17(24)10-8-15)22-26-18(12-19(29)28(22)27-21)16-6-4-5-14(11-16)13-25/h4-12,27H,1-3H3. The molecule has 0 amide bonds. The van der Waals surface area contributed by atoms with Gasteiger partial charge in [0.2, 0.25) is 0 Å². The van der Waals surface area contributed by atoms with Gasteiger partial charge < -0.3 is 0 Å². The van der Waals surface area contributed by atoms with Crippen molar-refractivity contribution < 1.29 is 0 Å². The fourth-order valence-corrected chi connectivity index (χ4v) is 3.49. The maximum atomic E-state index is 12.9. The number of H-pyrrole nitrogens is 1. The summed E-state index contributed by atoms with van der Waals surface area (Å²) in [6.07, 6.45) is 0. The second-order valence-corrected chi connectivity index (χ2v) is 8.39. The monoisotopic (exact) mass is 402 g/mol. The molecule has 29 heavy (non-hydrogen) atoms. The van der Waals surface area contributed by atoms with Gasteiger partial charge in [0.25, 0.3) is 5.56 Å². The average molecular weight is 403 g/mol. The Hall–Kier alpha value is -3.36. The Bertz CT molecular complexity index is 1320. The third-order valence-corrected chi connectivity index (χ3v) is 5.04. The van der Waals surface area contributed by atoms with Gasteiger partial charge in [0, 0.05) is 33.3 Å². The van der Waals surface area contributed by atoms with Crippen LogP contribution in [0.15, 0.2) is 59.4 Å². The highest BCUT2D eigenvalue weighted by molar-refractivity contribution is 6.30. The van der Waals surface area contributed by atoms with Crippen molar-refractivity contribution in [1.29, 1.82) is 5.26 Å². The van der Waals surface area contributed by atoms with E-state index in [0.717, 1.165) is 22.4 Å². The Morgan fingerprint density at radius 2 is 1.79 bits per heavy atom. The molecule has 0 saturated carbocycles. The van der Waals surface area contributed by atoms with Crippen molar-refractivity contribution in [3.63, 3.8) is 0 Å². The number of nitrogens with one attached hydrogen (secondary N) is 1. The molecule has 0 unspecified atom stereocenters. The summed E-state index contributed by atoms with van der Waals surface area (Å²) in [4.78, 5) is 17.7. The molecule has 0 spiro atoms. The molecule has 144 valence electrons. The zero-order valence-electron chi connectivity index (χ0n) is 16.3. The van der Waals surface area contributed by atoms with Crippen molar-refractivity contribution in [2.45, 2.75) is 26.2 Å². The Kier molecular flexibility index (Phi) is 4.52. The van der Waals surface area contributed by atoms with Crippen LogP contribution in [0, 0.1) is 11.3 Å². The SMILES string of the molecule is CC(C)(C)c1[nH]n2c(=O)cc(-c3cccc(C#N)c3)nc2c1-c1ccc(Cl)cc1. The van der Waals surface area contributed by atoms with E-state index < -0.39 is 0 Å². The zero-order chi connectivity index (χ0) is 20.8. The lowest BCUT2D eigenvalue weighted by Gasteiger charge is -2.18. The van der Waals surface area contributed by atoms with E-state index in [1.54, 1.807) is 18.2 Å². The molecule has 1 N–H and O–H groups in total. The maximum absolute atomic E-state index is 12.9. The Morgan fingerprint density at radius 1 is 1.07 bits per heavy atom. The molecule has 0 atom stereocenters. The second-order valence-electron chi connectivity index (χ2n) is 7.95. The summed E-state index contributed by atoms with van der Waals surface area (Å²) in [5.41, 5.74) is 4.57. The highest BCUT2D eigenvalue weighted by atomic mass is 35.5. The molecule has 0 radical (unpaired) electrons. The van der Waals surface area contributed by atoms with Gasteiger partial charge >= 0.3 is 0 Å². The third kappa shape index (κ3) is 3.43. The number of fused-ring (bicyclic) bond motifs is 1. The van der Waals surface area contributed by atoms with Gasteiger partial charge in [0.15, 0.2) is 5.65 Å².